The molecule has 1 atom stereocenters. The molecule has 0 spiro atoms. The predicted molar refractivity (Wildman–Crippen MR) is 148 cm³/mol. The van der Waals surface area contributed by atoms with Gasteiger partial charge in [-0.2, -0.15) is 0 Å². The summed E-state index contributed by atoms with van der Waals surface area (Å²) in [5.74, 6) is 2.32. The lowest BCUT2D eigenvalue weighted by atomic mass is 10.1. The smallest absolute Gasteiger partial charge is 0.258 e. The SMILES string of the molecule is Cc1ccc(C)c(OCC(=O)NC(C)c2nc3ccccc3n2CCCCOc2ccc(C)c(C)c2)c1. The van der Waals surface area contributed by atoms with E-state index in [9.17, 15) is 4.79 Å². The van der Waals surface area contributed by atoms with Crippen LogP contribution in [0.5, 0.6) is 11.5 Å². The van der Waals surface area contributed by atoms with Crippen LogP contribution in [0.25, 0.3) is 11.0 Å². The average molecular weight is 500 g/mol. The normalized spacial score (nSPS) is 11.9. The number of rotatable bonds is 11. The molecule has 0 radical (unpaired) electrons. The fourth-order valence-electron chi connectivity index (χ4n) is 4.38. The first-order chi connectivity index (χ1) is 17.8. The maximum atomic E-state index is 12.7. The van der Waals surface area contributed by atoms with Crippen LogP contribution in [0.15, 0.2) is 60.7 Å². The first kappa shape index (κ1) is 26.3. The lowest BCUT2D eigenvalue weighted by Gasteiger charge is -2.17. The minimum Gasteiger partial charge on any atom is -0.494 e. The molecule has 37 heavy (non-hydrogen) atoms. The molecule has 1 aromatic heterocycles. The zero-order valence-corrected chi connectivity index (χ0v) is 22.5. The Morgan fingerprint density at radius 3 is 2.51 bits per heavy atom. The van der Waals surface area contributed by atoms with Crippen LogP contribution in [0.2, 0.25) is 0 Å². The minimum atomic E-state index is -0.256. The number of amides is 1. The molecule has 6 heteroatoms. The van der Waals surface area contributed by atoms with Gasteiger partial charge < -0.3 is 19.4 Å². The fraction of sp³-hybridized carbons (Fsp3) is 0.355. The molecule has 1 heterocycles. The van der Waals surface area contributed by atoms with Crippen LogP contribution in [-0.4, -0.2) is 28.7 Å². The second-order valence-electron chi connectivity index (χ2n) is 9.76. The van der Waals surface area contributed by atoms with Gasteiger partial charge in [0.2, 0.25) is 0 Å². The van der Waals surface area contributed by atoms with Crippen molar-refractivity contribution in [3.05, 3.63) is 88.7 Å². The van der Waals surface area contributed by atoms with Crippen molar-refractivity contribution in [1.29, 1.82) is 0 Å². The number of fused-ring (bicyclic) bond motifs is 1. The largest absolute Gasteiger partial charge is 0.494 e. The highest BCUT2D eigenvalue weighted by atomic mass is 16.5. The van der Waals surface area contributed by atoms with Crippen molar-refractivity contribution in [2.24, 2.45) is 0 Å². The monoisotopic (exact) mass is 499 g/mol. The van der Waals surface area contributed by atoms with E-state index in [1.54, 1.807) is 0 Å². The predicted octanol–water partition coefficient (Wildman–Crippen LogP) is 6.39. The quantitative estimate of drug-likeness (QED) is 0.243. The summed E-state index contributed by atoms with van der Waals surface area (Å²) < 4.78 is 14.0. The molecular formula is C31H37N3O3. The molecule has 0 aliphatic carbocycles. The molecule has 4 rings (SSSR count). The first-order valence-corrected chi connectivity index (χ1v) is 13.0. The third-order valence-corrected chi connectivity index (χ3v) is 6.67. The summed E-state index contributed by atoms with van der Waals surface area (Å²) >= 11 is 0. The van der Waals surface area contributed by atoms with Gasteiger partial charge in [-0.1, -0.05) is 30.3 Å². The van der Waals surface area contributed by atoms with Gasteiger partial charge in [-0.15, -0.1) is 0 Å². The Bertz CT molecular complexity index is 1380. The Balaban J connectivity index is 1.36. The molecule has 4 aromatic rings. The Labute approximate surface area is 219 Å². The van der Waals surface area contributed by atoms with E-state index in [2.05, 4.69) is 41.9 Å². The Morgan fingerprint density at radius 2 is 1.70 bits per heavy atom. The second kappa shape index (κ2) is 12.0. The summed E-state index contributed by atoms with van der Waals surface area (Å²) in [7, 11) is 0. The maximum absolute atomic E-state index is 12.7. The third-order valence-electron chi connectivity index (χ3n) is 6.67. The van der Waals surface area contributed by atoms with E-state index in [4.69, 9.17) is 14.5 Å². The number of unbranched alkanes of at least 4 members (excludes halogenated alkanes) is 1. The molecule has 0 bridgehead atoms. The molecule has 0 aliphatic rings. The number of ether oxygens (including phenoxy) is 2. The van der Waals surface area contributed by atoms with Crippen LogP contribution in [0, 0.1) is 27.7 Å². The Hall–Kier alpha value is -3.80. The lowest BCUT2D eigenvalue weighted by molar-refractivity contribution is -0.123. The molecule has 0 saturated heterocycles. The van der Waals surface area contributed by atoms with Gasteiger partial charge >= 0.3 is 0 Å². The second-order valence-corrected chi connectivity index (χ2v) is 9.76. The topological polar surface area (TPSA) is 65.4 Å². The van der Waals surface area contributed by atoms with E-state index < -0.39 is 0 Å². The summed E-state index contributed by atoms with van der Waals surface area (Å²) in [6, 6.07) is 20.0. The number of aromatic nitrogens is 2. The van der Waals surface area contributed by atoms with Crippen LogP contribution in [0.1, 0.15) is 53.9 Å². The zero-order valence-electron chi connectivity index (χ0n) is 22.5. The van der Waals surface area contributed by atoms with Crippen LogP contribution in [-0.2, 0) is 11.3 Å². The van der Waals surface area contributed by atoms with E-state index in [1.807, 2.05) is 63.2 Å². The number of carbonyl (C=O) groups excluding carboxylic acids is 1. The fourth-order valence-corrected chi connectivity index (χ4v) is 4.38. The van der Waals surface area contributed by atoms with E-state index in [0.29, 0.717) is 6.61 Å². The highest BCUT2D eigenvalue weighted by Gasteiger charge is 2.18. The van der Waals surface area contributed by atoms with Gasteiger partial charge in [-0.3, -0.25) is 4.79 Å². The van der Waals surface area contributed by atoms with Crippen LogP contribution < -0.4 is 14.8 Å². The molecule has 6 nitrogen and oxygen atoms in total. The summed E-state index contributed by atoms with van der Waals surface area (Å²) in [4.78, 5) is 17.6. The van der Waals surface area contributed by atoms with Gasteiger partial charge in [0, 0.05) is 6.54 Å². The Morgan fingerprint density at radius 1 is 0.919 bits per heavy atom. The minimum absolute atomic E-state index is 0.0370. The van der Waals surface area contributed by atoms with Crippen molar-refractivity contribution in [2.75, 3.05) is 13.2 Å². The number of benzene rings is 3. The van der Waals surface area contributed by atoms with Crippen molar-refractivity contribution in [1.82, 2.24) is 14.9 Å². The van der Waals surface area contributed by atoms with Gasteiger partial charge in [0.15, 0.2) is 6.61 Å². The first-order valence-electron chi connectivity index (χ1n) is 13.0. The number of hydrogen-bond acceptors (Lipinski definition) is 4. The van der Waals surface area contributed by atoms with Crippen molar-refractivity contribution in [3.8, 4) is 11.5 Å². The van der Waals surface area contributed by atoms with Crippen molar-refractivity contribution >= 4 is 16.9 Å². The molecule has 0 fully saturated rings. The van der Waals surface area contributed by atoms with Gasteiger partial charge in [-0.05, 0) is 100 Å². The number of aryl methyl sites for hydroxylation is 5. The maximum Gasteiger partial charge on any atom is 0.258 e. The van der Waals surface area contributed by atoms with Gasteiger partial charge in [0.05, 0.1) is 23.7 Å². The summed E-state index contributed by atoms with van der Waals surface area (Å²) in [5.41, 5.74) is 6.61. The molecule has 0 aliphatic heterocycles. The third kappa shape index (κ3) is 6.70. The highest BCUT2D eigenvalue weighted by Crippen LogP contribution is 2.23. The van der Waals surface area contributed by atoms with Crippen LogP contribution >= 0.6 is 0 Å². The van der Waals surface area contributed by atoms with Crippen molar-refractivity contribution in [2.45, 2.75) is 60.0 Å². The molecular weight excluding hydrogens is 462 g/mol. The van der Waals surface area contributed by atoms with Gasteiger partial charge in [0.25, 0.3) is 5.91 Å². The number of nitrogens with zero attached hydrogens (tertiary/aromatic N) is 2. The number of carbonyl (C=O) groups is 1. The number of nitrogens with one attached hydrogen (secondary N) is 1. The molecule has 3 aromatic carbocycles. The van der Waals surface area contributed by atoms with E-state index in [1.165, 1.54) is 11.1 Å². The molecule has 1 unspecified atom stereocenters. The molecule has 1 amide bonds. The number of para-hydroxylation sites is 2. The van der Waals surface area contributed by atoms with Gasteiger partial charge in [0.1, 0.15) is 17.3 Å². The van der Waals surface area contributed by atoms with E-state index >= 15 is 0 Å². The molecule has 0 saturated carbocycles. The summed E-state index contributed by atoms with van der Waals surface area (Å²) in [5, 5.41) is 3.06. The van der Waals surface area contributed by atoms with Gasteiger partial charge in [-0.25, -0.2) is 4.98 Å². The van der Waals surface area contributed by atoms with E-state index in [0.717, 1.165) is 58.9 Å². The van der Waals surface area contributed by atoms with Crippen LogP contribution in [0.3, 0.4) is 0 Å². The number of hydrogen-bond donors (Lipinski definition) is 1. The average Bonchev–Trinajstić information content (AvgIpc) is 3.25. The molecule has 194 valence electrons. The van der Waals surface area contributed by atoms with Crippen molar-refractivity contribution in [3.63, 3.8) is 0 Å². The summed E-state index contributed by atoms with van der Waals surface area (Å²) in [6.07, 6.45) is 1.86. The van der Waals surface area contributed by atoms with Crippen LogP contribution in [0.4, 0.5) is 0 Å². The highest BCUT2D eigenvalue weighted by molar-refractivity contribution is 5.79. The number of imidazole rings is 1. The zero-order chi connectivity index (χ0) is 26.4. The lowest BCUT2D eigenvalue weighted by Crippen LogP contribution is -2.32. The summed E-state index contributed by atoms with van der Waals surface area (Å²) in [6.45, 7) is 11.6. The Kier molecular flexibility index (Phi) is 8.49. The van der Waals surface area contributed by atoms with Crippen molar-refractivity contribution < 1.29 is 14.3 Å². The van der Waals surface area contributed by atoms with E-state index in [-0.39, 0.29) is 18.6 Å². The molecule has 1 N–H and O–H groups in total. The standard InChI is InChI=1S/C31H37N3O3/c1-21-12-13-23(3)29(18-21)37-20-30(35)32-25(5)31-33-27-10-6-7-11-28(27)34(31)16-8-9-17-36-26-15-14-22(2)24(4)19-26/h6-7,10-15,18-19,25H,8-9,16-17,20H2,1-5H3,(H,32,35).